The third-order valence-corrected chi connectivity index (χ3v) is 4.03. The van der Waals surface area contributed by atoms with Crippen LogP contribution in [0.4, 0.5) is 0 Å². The number of rotatable bonds is 2. The van der Waals surface area contributed by atoms with E-state index in [4.69, 9.17) is 4.74 Å². The monoisotopic (exact) mass is 312 g/mol. The van der Waals surface area contributed by atoms with E-state index in [0.29, 0.717) is 23.4 Å². The highest BCUT2D eigenvalue weighted by atomic mass is 16.6. The van der Waals surface area contributed by atoms with Gasteiger partial charge in [-0.15, -0.1) is 0 Å². The molecular weight excluding hydrogens is 296 g/mol. The van der Waals surface area contributed by atoms with Crippen molar-refractivity contribution in [2.75, 3.05) is 6.61 Å². The maximum Gasteiger partial charge on any atom is 0.255 e. The van der Waals surface area contributed by atoms with Crippen LogP contribution in [0.3, 0.4) is 0 Å². The summed E-state index contributed by atoms with van der Waals surface area (Å²) < 4.78 is 7.18. The van der Waals surface area contributed by atoms with Crippen LogP contribution in [0.15, 0.2) is 42.9 Å². The summed E-state index contributed by atoms with van der Waals surface area (Å²) in [6.07, 6.45) is 3.16. The van der Waals surface area contributed by atoms with Gasteiger partial charge in [0.1, 0.15) is 17.7 Å². The molecule has 0 unspecified atom stereocenters. The number of ether oxygens (including phenoxy) is 1. The number of aromatic nitrogens is 4. The summed E-state index contributed by atoms with van der Waals surface area (Å²) in [6.45, 7) is 0.0676. The maximum atomic E-state index is 11.0. The molecule has 118 valence electrons. The molecule has 0 bridgehead atoms. The quantitative estimate of drug-likeness (QED) is 0.740. The van der Waals surface area contributed by atoms with E-state index in [2.05, 4.69) is 15.0 Å². The molecule has 7 nitrogen and oxygen atoms in total. The minimum atomic E-state index is -1.58. The second kappa shape index (κ2) is 5.38. The zero-order chi connectivity index (χ0) is 15.9. The number of hydrogen-bond acceptors (Lipinski definition) is 6. The highest BCUT2D eigenvalue weighted by molar-refractivity contribution is 5.76. The van der Waals surface area contributed by atoms with Gasteiger partial charge in [-0.3, -0.25) is 4.57 Å². The molecule has 0 amide bonds. The van der Waals surface area contributed by atoms with Gasteiger partial charge in [-0.25, -0.2) is 15.0 Å². The minimum absolute atomic E-state index is 0.0676. The molecule has 1 aliphatic heterocycles. The summed E-state index contributed by atoms with van der Waals surface area (Å²) >= 11 is 0. The van der Waals surface area contributed by atoms with Crippen molar-refractivity contribution in [1.82, 2.24) is 19.5 Å². The molecule has 4 rings (SSSR count). The van der Waals surface area contributed by atoms with E-state index in [1.165, 1.54) is 6.33 Å². The van der Waals surface area contributed by atoms with Crippen molar-refractivity contribution in [3.8, 4) is 11.4 Å². The fourth-order valence-corrected chi connectivity index (χ4v) is 2.87. The molecule has 1 fully saturated rings. The molecule has 1 aliphatic rings. The Morgan fingerprint density at radius 1 is 1.26 bits per heavy atom. The average molecular weight is 312 g/mol. The number of aliphatic hydroxyl groups excluding tert-OH is 1. The Morgan fingerprint density at radius 2 is 2.09 bits per heavy atom. The molecule has 2 N–H and O–H groups in total. The summed E-state index contributed by atoms with van der Waals surface area (Å²) in [5, 5.41) is 20.7. The topological polar surface area (TPSA) is 93.3 Å². The highest BCUT2D eigenvalue weighted by Gasteiger charge is 2.39. The molecule has 3 aromatic rings. The van der Waals surface area contributed by atoms with Gasteiger partial charge in [0, 0.05) is 12.0 Å². The number of hydrogen-bond donors (Lipinski definition) is 2. The summed E-state index contributed by atoms with van der Waals surface area (Å²) in [5.74, 6) is -1.02. The van der Waals surface area contributed by atoms with Gasteiger partial charge in [0.05, 0.1) is 18.9 Å². The fraction of sp³-hybridized carbons (Fsp3) is 0.312. The predicted octanol–water partition coefficient (Wildman–Crippen LogP) is 1.27. The zero-order valence-corrected chi connectivity index (χ0v) is 12.3. The van der Waals surface area contributed by atoms with Crippen LogP contribution >= 0.6 is 0 Å². The Hall–Kier alpha value is -2.35. The third kappa shape index (κ3) is 2.39. The van der Waals surface area contributed by atoms with Crippen molar-refractivity contribution in [3.63, 3.8) is 0 Å². The first kappa shape index (κ1) is 14.3. The summed E-state index contributed by atoms with van der Waals surface area (Å²) in [6, 6.07) is 9.54. The van der Waals surface area contributed by atoms with Crippen molar-refractivity contribution in [1.29, 1.82) is 0 Å². The summed E-state index contributed by atoms with van der Waals surface area (Å²) in [4.78, 5) is 12.7. The molecule has 2 atom stereocenters. The third-order valence-electron chi connectivity index (χ3n) is 4.03. The molecule has 7 heteroatoms. The van der Waals surface area contributed by atoms with Crippen LogP contribution in [-0.2, 0) is 10.6 Å². The molecule has 0 saturated carbocycles. The lowest BCUT2D eigenvalue weighted by Crippen LogP contribution is -2.44. The Bertz CT molecular complexity index is 826. The molecular formula is C16H16N4O3. The van der Waals surface area contributed by atoms with Crippen molar-refractivity contribution >= 4 is 11.2 Å². The highest BCUT2D eigenvalue weighted by Crippen LogP contribution is 2.35. The van der Waals surface area contributed by atoms with Crippen LogP contribution in [0.5, 0.6) is 0 Å². The summed E-state index contributed by atoms with van der Waals surface area (Å²) in [5.41, 5.74) is 1.92. The van der Waals surface area contributed by atoms with E-state index in [1.807, 2.05) is 30.3 Å². The average Bonchev–Trinajstić information content (AvgIpc) is 2.99. The minimum Gasteiger partial charge on any atom is -0.391 e. The first-order chi connectivity index (χ1) is 11.2. The van der Waals surface area contributed by atoms with E-state index < -0.39 is 12.0 Å². The number of nitrogens with zero attached hydrogens (tertiary/aromatic N) is 4. The smallest absolute Gasteiger partial charge is 0.255 e. The van der Waals surface area contributed by atoms with Gasteiger partial charge in [-0.05, 0) is 6.42 Å². The van der Waals surface area contributed by atoms with Gasteiger partial charge in [-0.1, -0.05) is 30.3 Å². The van der Waals surface area contributed by atoms with Crippen LogP contribution in [0, 0.1) is 0 Å². The van der Waals surface area contributed by atoms with Crippen molar-refractivity contribution in [3.05, 3.63) is 42.9 Å². The lowest BCUT2D eigenvalue weighted by atomic mass is 10.1. The first-order valence-corrected chi connectivity index (χ1v) is 7.46. The molecule has 1 aromatic carbocycles. The molecule has 3 heterocycles. The van der Waals surface area contributed by atoms with Gasteiger partial charge >= 0.3 is 0 Å². The Kier molecular flexibility index (Phi) is 3.33. The lowest BCUT2D eigenvalue weighted by molar-refractivity contribution is -0.296. The van der Waals surface area contributed by atoms with Gasteiger partial charge in [0.15, 0.2) is 5.65 Å². The first-order valence-electron chi connectivity index (χ1n) is 7.46. The molecule has 1 saturated heterocycles. The predicted molar refractivity (Wildman–Crippen MR) is 82.1 cm³/mol. The van der Waals surface area contributed by atoms with Gasteiger partial charge in [-0.2, -0.15) is 0 Å². The molecule has 0 aliphatic carbocycles. The Morgan fingerprint density at radius 3 is 2.83 bits per heavy atom. The lowest BCUT2D eigenvalue weighted by Gasteiger charge is -2.36. The maximum absolute atomic E-state index is 11.0. The van der Waals surface area contributed by atoms with Crippen molar-refractivity contribution in [2.45, 2.75) is 24.9 Å². The van der Waals surface area contributed by atoms with Crippen LogP contribution in [0.25, 0.3) is 22.6 Å². The molecule has 0 radical (unpaired) electrons. The van der Waals surface area contributed by atoms with Crippen LogP contribution in [0.2, 0.25) is 0 Å². The normalized spacial score (nSPS) is 24.9. The molecule has 23 heavy (non-hydrogen) atoms. The van der Waals surface area contributed by atoms with E-state index in [1.54, 1.807) is 10.8 Å². The largest absolute Gasteiger partial charge is 0.391 e. The van der Waals surface area contributed by atoms with Crippen molar-refractivity contribution < 1.29 is 14.9 Å². The summed E-state index contributed by atoms with van der Waals surface area (Å²) in [7, 11) is 0. The second-order valence-electron chi connectivity index (χ2n) is 5.62. The fourth-order valence-electron chi connectivity index (χ4n) is 2.87. The SMILES string of the molecule is O[C@@H]1CC[C@@](O)(n2c(-c3ccccc3)nc3ncncc32)OC1. The molecule has 2 aromatic heterocycles. The van der Waals surface area contributed by atoms with Gasteiger partial charge < -0.3 is 14.9 Å². The van der Waals surface area contributed by atoms with Crippen LogP contribution in [0.1, 0.15) is 12.8 Å². The number of aliphatic hydroxyl groups is 2. The van der Waals surface area contributed by atoms with E-state index in [-0.39, 0.29) is 13.0 Å². The van der Waals surface area contributed by atoms with Gasteiger partial charge in [0.25, 0.3) is 5.91 Å². The second-order valence-corrected chi connectivity index (χ2v) is 5.62. The Balaban J connectivity index is 1.93. The van der Waals surface area contributed by atoms with Crippen molar-refractivity contribution in [2.24, 2.45) is 0 Å². The van der Waals surface area contributed by atoms with E-state index in [0.717, 1.165) is 5.56 Å². The van der Waals surface area contributed by atoms with Crippen LogP contribution < -0.4 is 0 Å². The van der Waals surface area contributed by atoms with E-state index in [9.17, 15) is 10.2 Å². The van der Waals surface area contributed by atoms with E-state index >= 15 is 0 Å². The Labute approximate surface area is 132 Å². The van der Waals surface area contributed by atoms with Gasteiger partial charge in [0.2, 0.25) is 0 Å². The number of imidazole rings is 1. The zero-order valence-electron chi connectivity index (χ0n) is 12.3. The number of fused-ring (bicyclic) bond motifs is 1. The number of benzene rings is 1. The standard InChI is InChI=1S/C16H16N4O3/c21-12-6-7-16(22,23-9-12)20-13-8-17-10-18-14(13)19-15(20)11-4-2-1-3-5-11/h1-5,8,10,12,21-22H,6-7,9H2/t12-,16+/m1/s1. The molecule has 0 spiro atoms. The van der Waals surface area contributed by atoms with Crippen LogP contribution in [-0.4, -0.2) is 42.4 Å².